The van der Waals surface area contributed by atoms with Gasteiger partial charge in [-0.3, -0.25) is 0 Å². The molecule has 2 rings (SSSR count). The van der Waals surface area contributed by atoms with Crippen molar-refractivity contribution in [2.24, 2.45) is 5.41 Å². The van der Waals surface area contributed by atoms with Gasteiger partial charge in [0.1, 0.15) is 0 Å². The third-order valence-electron chi connectivity index (χ3n) is 2.93. The van der Waals surface area contributed by atoms with Crippen LogP contribution in [0.5, 0.6) is 0 Å². The minimum atomic E-state index is -0.663. The third kappa shape index (κ3) is 0.719. The summed E-state index contributed by atoms with van der Waals surface area (Å²) in [7, 11) is 1.39. The Morgan fingerprint density at radius 3 is 2.50 bits per heavy atom. The normalized spacial score (nSPS) is 35.4. The van der Waals surface area contributed by atoms with Gasteiger partial charge in [0.2, 0.25) is 0 Å². The minimum absolute atomic E-state index is 0.111. The maximum Gasteiger partial charge on any atom is 0.341 e. The van der Waals surface area contributed by atoms with E-state index in [0.29, 0.717) is 6.61 Å². The Labute approximate surface area is 71.3 Å². The van der Waals surface area contributed by atoms with Crippen LogP contribution in [0.15, 0.2) is 12.7 Å². The predicted molar refractivity (Wildman–Crippen MR) is 42.6 cm³/mol. The fourth-order valence-electron chi connectivity index (χ4n) is 1.75. The van der Waals surface area contributed by atoms with Gasteiger partial charge in [-0.1, -0.05) is 6.08 Å². The molecule has 0 aromatic carbocycles. The highest BCUT2D eigenvalue weighted by Crippen LogP contribution is 2.62. The molecule has 3 heteroatoms. The Morgan fingerprint density at radius 1 is 1.67 bits per heavy atom. The summed E-state index contributed by atoms with van der Waals surface area (Å²) >= 11 is 0. The van der Waals surface area contributed by atoms with Crippen molar-refractivity contribution in [1.82, 2.24) is 0 Å². The van der Waals surface area contributed by atoms with E-state index in [2.05, 4.69) is 6.58 Å². The second-order valence-corrected chi connectivity index (χ2v) is 3.47. The second-order valence-electron chi connectivity index (χ2n) is 3.47. The van der Waals surface area contributed by atoms with Gasteiger partial charge in [-0.15, -0.1) is 6.58 Å². The van der Waals surface area contributed by atoms with E-state index >= 15 is 0 Å². The van der Waals surface area contributed by atoms with E-state index in [9.17, 15) is 4.79 Å². The number of epoxide rings is 1. The highest BCUT2D eigenvalue weighted by atomic mass is 16.6. The molecule has 2 aliphatic rings. The van der Waals surface area contributed by atoms with Crippen LogP contribution in [0, 0.1) is 5.41 Å². The predicted octanol–water partition coefficient (Wildman–Crippen LogP) is 0.895. The average molecular weight is 168 g/mol. The summed E-state index contributed by atoms with van der Waals surface area (Å²) in [4.78, 5) is 11.3. The molecule has 1 saturated heterocycles. The SMILES string of the molecule is C=CC1(C2(C(=O)OC)CO2)CC1. The quantitative estimate of drug-likeness (QED) is 0.357. The lowest BCUT2D eigenvalue weighted by Gasteiger charge is -2.16. The van der Waals surface area contributed by atoms with Crippen LogP contribution in [0.4, 0.5) is 0 Å². The largest absolute Gasteiger partial charge is 0.467 e. The van der Waals surface area contributed by atoms with E-state index in [0.717, 1.165) is 12.8 Å². The summed E-state index contributed by atoms with van der Waals surface area (Å²) in [6.07, 6.45) is 3.81. The molecule has 0 bridgehead atoms. The molecule has 1 atom stereocenters. The van der Waals surface area contributed by atoms with E-state index in [1.165, 1.54) is 7.11 Å². The van der Waals surface area contributed by atoms with E-state index in [-0.39, 0.29) is 11.4 Å². The van der Waals surface area contributed by atoms with Gasteiger partial charge in [0.15, 0.2) is 5.60 Å². The van der Waals surface area contributed by atoms with Gasteiger partial charge in [0, 0.05) is 5.41 Å². The van der Waals surface area contributed by atoms with Gasteiger partial charge in [0.25, 0.3) is 0 Å². The molecule has 0 aromatic heterocycles. The number of esters is 1. The van der Waals surface area contributed by atoms with Gasteiger partial charge in [-0.05, 0) is 12.8 Å². The van der Waals surface area contributed by atoms with Crippen LogP contribution in [0.3, 0.4) is 0 Å². The standard InChI is InChI=1S/C9H12O3/c1-3-8(4-5-8)9(6-12-9)7(10)11-2/h3H,1,4-6H2,2H3. The number of ether oxygens (including phenoxy) is 2. The topological polar surface area (TPSA) is 38.8 Å². The lowest BCUT2D eigenvalue weighted by atomic mass is 9.89. The monoisotopic (exact) mass is 168 g/mol. The van der Waals surface area contributed by atoms with Crippen LogP contribution >= 0.6 is 0 Å². The van der Waals surface area contributed by atoms with Gasteiger partial charge in [-0.2, -0.15) is 0 Å². The number of rotatable bonds is 3. The molecule has 3 nitrogen and oxygen atoms in total. The van der Waals surface area contributed by atoms with Crippen molar-refractivity contribution >= 4 is 5.97 Å². The molecular weight excluding hydrogens is 156 g/mol. The molecule has 2 fully saturated rings. The fraction of sp³-hybridized carbons (Fsp3) is 0.667. The highest BCUT2D eigenvalue weighted by Gasteiger charge is 2.71. The molecule has 1 saturated carbocycles. The third-order valence-corrected chi connectivity index (χ3v) is 2.93. The summed E-state index contributed by atoms with van der Waals surface area (Å²) in [6.45, 7) is 4.22. The summed E-state index contributed by atoms with van der Waals surface area (Å²) < 4.78 is 9.92. The summed E-state index contributed by atoms with van der Waals surface area (Å²) in [5.74, 6) is -0.250. The van der Waals surface area contributed by atoms with E-state index in [1.807, 2.05) is 6.08 Å². The molecule has 12 heavy (non-hydrogen) atoms. The Balaban J connectivity index is 2.21. The molecular formula is C9H12O3. The number of carbonyl (C=O) groups excluding carboxylic acids is 1. The zero-order chi connectivity index (χ0) is 8.82. The number of hydrogen-bond donors (Lipinski definition) is 0. The lowest BCUT2D eigenvalue weighted by Crippen LogP contribution is -2.35. The van der Waals surface area contributed by atoms with Crippen LogP contribution in [-0.2, 0) is 14.3 Å². The van der Waals surface area contributed by atoms with Gasteiger partial charge < -0.3 is 9.47 Å². The van der Waals surface area contributed by atoms with Crippen LogP contribution in [0.2, 0.25) is 0 Å². The molecule has 66 valence electrons. The smallest absolute Gasteiger partial charge is 0.341 e. The first kappa shape index (κ1) is 7.80. The lowest BCUT2D eigenvalue weighted by molar-refractivity contribution is -0.149. The summed E-state index contributed by atoms with van der Waals surface area (Å²) in [6, 6.07) is 0. The van der Waals surface area contributed by atoms with Gasteiger partial charge >= 0.3 is 5.97 Å². The molecule has 0 radical (unpaired) electrons. The molecule has 0 spiro atoms. The fourth-order valence-corrected chi connectivity index (χ4v) is 1.75. The molecule has 0 aromatic rings. The van der Waals surface area contributed by atoms with E-state index < -0.39 is 5.60 Å². The van der Waals surface area contributed by atoms with Crippen LogP contribution in [0.25, 0.3) is 0 Å². The molecule has 1 aliphatic heterocycles. The first-order valence-corrected chi connectivity index (χ1v) is 4.07. The van der Waals surface area contributed by atoms with Crippen LogP contribution < -0.4 is 0 Å². The highest BCUT2D eigenvalue weighted by molar-refractivity contribution is 5.84. The molecule has 1 aliphatic carbocycles. The first-order chi connectivity index (χ1) is 5.71. The van der Waals surface area contributed by atoms with E-state index in [1.54, 1.807) is 0 Å². The van der Waals surface area contributed by atoms with Crippen molar-refractivity contribution in [3.05, 3.63) is 12.7 Å². The Hall–Kier alpha value is -0.830. The maximum atomic E-state index is 11.3. The van der Waals surface area contributed by atoms with Gasteiger partial charge in [-0.25, -0.2) is 4.79 Å². The summed E-state index contributed by atoms with van der Waals surface area (Å²) in [5, 5.41) is 0. The maximum absolute atomic E-state index is 11.3. The van der Waals surface area contributed by atoms with Gasteiger partial charge in [0.05, 0.1) is 13.7 Å². The second kappa shape index (κ2) is 2.10. The van der Waals surface area contributed by atoms with Crippen molar-refractivity contribution in [3.8, 4) is 0 Å². The first-order valence-electron chi connectivity index (χ1n) is 4.07. The Morgan fingerprint density at radius 2 is 2.25 bits per heavy atom. The minimum Gasteiger partial charge on any atom is -0.467 e. The zero-order valence-electron chi connectivity index (χ0n) is 7.13. The van der Waals surface area contributed by atoms with Crippen molar-refractivity contribution < 1.29 is 14.3 Å². The number of methoxy groups -OCH3 is 1. The van der Waals surface area contributed by atoms with E-state index in [4.69, 9.17) is 9.47 Å². The van der Waals surface area contributed by atoms with Crippen molar-refractivity contribution in [2.45, 2.75) is 18.4 Å². The Kier molecular flexibility index (Phi) is 1.37. The number of hydrogen-bond acceptors (Lipinski definition) is 3. The average Bonchev–Trinajstić information content (AvgIpc) is 2.94. The molecule has 1 unspecified atom stereocenters. The number of carbonyl (C=O) groups is 1. The van der Waals surface area contributed by atoms with Crippen LogP contribution in [-0.4, -0.2) is 25.3 Å². The van der Waals surface area contributed by atoms with Crippen molar-refractivity contribution in [2.75, 3.05) is 13.7 Å². The van der Waals surface area contributed by atoms with Crippen LogP contribution in [0.1, 0.15) is 12.8 Å². The Bertz CT molecular complexity index is 236. The van der Waals surface area contributed by atoms with Crippen molar-refractivity contribution in [1.29, 1.82) is 0 Å². The zero-order valence-corrected chi connectivity index (χ0v) is 7.13. The summed E-state index contributed by atoms with van der Waals surface area (Å²) in [5.41, 5.74) is -0.774. The molecule has 0 N–H and O–H groups in total. The molecule has 1 heterocycles. The molecule has 0 amide bonds. The van der Waals surface area contributed by atoms with Crippen molar-refractivity contribution in [3.63, 3.8) is 0 Å².